The van der Waals surface area contributed by atoms with Gasteiger partial charge in [-0.05, 0) is 39.0 Å². The van der Waals surface area contributed by atoms with E-state index in [2.05, 4.69) is 30.3 Å². The van der Waals surface area contributed by atoms with Crippen molar-refractivity contribution in [1.82, 2.24) is 9.55 Å². The molecule has 0 spiro atoms. The Morgan fingerprint density at radius 3 is 2.12 bits per heavy atom. The van der Waals surface area contributed by atoms with E-state index < -0.39 is 0 Å². The number of aromatic nitrogens is 2. The first-order valence-corrected chi connectivity index (χ1v) is 6.13. The smallest absolute Gasteiger partial charge is 0.0958 e. The van der Waals surface area contributed by atoms with E-state index in [1.165, 1.54) is 0 Å². The highest BCUT2D eigenvalue weighted by molar-refractivity contribution is 6.35. The van der Waals surface area contributed by atoms with Crippen LogP contribution in [-0.2, 0) is 5.54 Å². The first-order chi connectivity index (χ1) is 7.86. The Labute approximate surface area is 111 Å². The van der Waals surface area contributed by atoms with E-state index in [9.17, 15) is 0 Å². The number of benzene rings is 1. The van der Waals surface area contributed by atoms with Crippen LogP contribution < -0.4 is 0 Å². The zero-order valence-corrected chi connectivity index (χ0v) is 11.5. The van der Waals surface area contributed by atoms with Crippen LogP contribution in [0.25, 0.3) is 11.3 Å². The molecule has 1 aromatic carbocycles. The fourth-order valence-electron chi connectivity index (χ4n) is 1.54. The molecule has 1 heterocycles. The van der Waals surface area contributed by atoms with E-state index in [4.69, 9.17) is 23.2 Å². The Kier molecular flexibility index (Phi) is 3.19. The molecule has 0 aliphatic rings. The third kappa shape index (κ3) is 2.82. The van der Waals surface area contributed by atoms with Crippen molar-refractivity contribution in [3.63, 3.8) is 0 Å². The summed E-state index contributed by atoms with van der Waals surface area (Å²) in [5, 5.41) is 1.25. The summed E-state index contributed by atoms with van der Waals surface area (Å²) in [6, 6.07) is 5.44. The summed E-state index contributed by atoms with van der Waals surface area (Å²) < 4.78 is 2.07. The molecule has 0 saturated carbocycles. The molecule has 0 aliphatic carbocycles. The predicted octanol–water partition coefficient (Wildman–Crippen LogP) is 4.61. The maximum atomic E-state index is 5.98. The average molecular weight is 269 g/mol. The summed E-state index contributed by atoms with van der Waals surface area (Å²) in [7, 11) is 0. The minimum atomic E-state index is 0.0214. The van der Waals surface area contributed by atoms with E-state index in [0.29, 0.717) is 10.0 Å². The molecule has 0 saturated heterocycles. The van der Waals surface area contributed by atoms with Crippen molar-refractivity contribution in [1.29, 1.82) is 0 Å². The quantitative estimate of drug-likeness (QED) is 0.739. The molecule has 0 fully saturated rings. The standard InChI is InChI=1S/C13H14Cl2N2/c1-13(2,3)17-7-12(16-8-17)9-4-10(14)6-11(15)5-9/h4-8H,1-3H3. The molecule has 2 aromatic rings. The van der Waals surface area contributed by atoms with Crippen molar-refractivity contribution < 1.29 is 0 Å². The molecule has 0 atom stereocenters. The van der Waals surface area contributed by atoms with Gasteiger partial charge in [-0.25, -0.2) is 4.98 Å². The lowest BCUT2D eigenvalue weighted by molar-refractivity contribution is 0.396. The first kappa shape index (κ1) is 12.5. The van der Waals surface area contributed by atoms with Gasteiger partial charge in [0.25, 0.3) is 0 Å². The lowest BCUT2D eigenvalue weighted by atomic mass is 10.1. The van der Waals surface area contributed by atoms with E-state index in [-0.39, 0.29) is 5.54 Å². The molecular formula is C13H14Cl2N2. The van der Waals surface area contributed by atoms with Gasteiger partial charge in [0, 0.05) is 27.3 Å². The molecule has 2 rings (SSSR count). The highest BCUT2D eigenvalue weighted by atomic mass is 35.5. The van der Waals surface area contributed by atoms with Gasteiger partial charge in [0.2, 0.25) is 0 Å². The number of nitrogens with zero attached hydrogens (tertiary/aromatic N) is 2. The second-order valence-corrected chi connectivity index (χ2v) is 5.87. The molecule has 90 valence electrons. The van der Waals surface area contributed by atoms with Gasteiger partial charge < -0.3 is 4.57 Å². The monoisotopic (exact) mass is 268 g/mol. The maximum Gasteiger partial charge on any atom is 0.0958 e. The van der Waals surface area contributed by atoms with E-state index >= 15 is 0 Å². The minimum Gasteiger partial charge on any atom is -0.332 e. The lowest BCUT2D eigenvalue weighted by Gasteiger charge is -2.19. The number of hydrogen-bond acceptors (Lipinski definition) is 1. The molecule has 1 aromatic heterocycles. The Morgan fingerprint density at radius 1 is 1.06 bits per heavy atom. The van der Waals surface area contributed by atoms with Crippen LogP contribution in [0.3, 0.4) is 0 Å². The number of rotatable bonds is 1. The highest BCUT2D eigenvalue weighted by Gasteiger charge is 2.14. The van der Waals surface area contributed by atoms with Crippen LogP contribution in [0.1, 0.15) is 20.8 Å². The minimum absolute atomic E-state index is 0.0214. The largest absolute Gasteiger partial charge is 0.332 e. The average Bonchev–Trinajstić information content (AvgIpc) is 2.63. The topological polar surface area (TPSA) is 17.8 Å². The van der Waals surface area contributed by atoms with Gasteiger partial charge in [-0.3, -0.25) is 0 Å². The predicted molar refractivity (Wildman–Crippen MR) is 72.7 cm³/mol. The van der Waals surface area contributed by atoms with Crippen LogP contribution in [0.2, 0.25) is 10.0 Å². The third-order valence-electron chi connectivity index (χ3n) is 2.52. The Hall–Kier alpha value is -0.990. The second-order valence-electron chi connectivity index (χ2n) is 5.00. The molecule has 17 heavy (non-hydrogen) atoms. The maximum absolute atomic E-state index is 5.98. The number of halogens is 2. The Bertz CT molecular complexity index is 518. The first-order valence-electron chi connectivity index (χ1n) is 5.37. The van der Waals surface area contributed by atoms with Crippen LogP contribution in [-0.4, -0.2) is 9.55 Å². The Balaban J connectivity index is 2.44. The van der Waals surface area contributed by atoms with Crippen molar-refractivity contribution in [2.24, 2.45) is 0 Å². The van der Waals surface area contributed by atoms with E-state index in [0.717, 1.165) is 11.3 Å². The number of imidazole rings is 1. The summed E-state index contributed by atoms with van der Waals surface area (Å²) >= 11 is 12.0. The van der Waals surface area contributed by atoms with Gasteiger partial charge >= 0.3 is 0 Å². The molecule has 0 radical (unpaired) electrons. The van der Waals surface area contributed by atoms with E-state index in [1.807, 2.05) is 24.7 Å². The van der Waals surface area contributed by atoms with Crippen molar-refractivity contribution in [2.75, 3.05) is 0 Å². The zero-order valence-electron chi connectivity index (χ0n) is 10.0. The van der Waals surface area contributed by atoms with Gasteiger partial charge in [-0.15, -0.1) is 0 Å². The van der Waals surface area contributed by atoms with Gasteiger partial charge in [0.1, 0.15) is 0 Å². The van der Waals surface area contributed by atoms with Crippen LogP contribution in [0, 0.1) is 0 Å². The molecular weight excluding hydrogens is 255 g/mol. The third-order valence-corrected chi connectivity index (χ3v) is 2.95. The molecule has 2 nitrogen and oxygen atoms in total. The summed E-state index contributed by atoms with van der Waals surface area (Å²) in [6.45, 7) is 6.39. The molecule has 0 N–H and O–H groups in total. The van der Waals surface area contributed by atoms with E-state index in [1.54, 1.807) is 6.07 Å². The second kappa shape index (κ2) is 4.35. The summed E-state index contributed by atoms with van der Waals surface area (Å²) in [5.74, 6) is 0. The Morgan fingerprint density at radius 2 is 1.65 bits per heavy atom. The summed E-state index contributed by atoms with van der Waals surface area (Å²) in [4.78, 5) is 4.38. The lowest BCUT2D eigenvalue weighted by Crippen LogP contribution is -2.19. The van der Waals surface area contributed by atoms with Crippen molar-refractivity contribution in [3.8, 4) is 11.3 Å². The van der Waals surface area contributed by atoms with Crippen LogP contribution in [0.5, 0.6) is 0 Å². The molecule has 0 amide bonds. The van der Waals surface area contributed by atoms with Gasteiger partial charge in [0.15, 0.2) is 0 Å². The van der Waals surface area contributed by atoms with Crippen LogP contribution in [0.15, 0.2) is 30.7 Å². The zero-order chi connectivity index (χ0) is 12.6. The molecule has 0 aliphatic heterocycles. The molecule has 4 heteroatoms. The fourth-order valence-corrected chi connectivity index (χ4v) is 2.07. The SMILES string of the molecule is CC(C)(C)n1cnc(-c2cc(Cl)cc(Cl)c2)c1. The fraction of sp³-hybridized carbons (Fsp3) is 0.308. The van der Waals surface area contributed by atoms with Gasteiger partial charge in [-0.1, -0.05) is 23.2 Å². The van der Waals surface area contributed by atoms with Gasteiger partial charge in [0.05, 0.1) is 12.0 Å². The normalized spacial score (nSPS) is 11.8. The molecule has 0 unspecified atom stereocenters. The van der Waals surface area contributed by atoms with Crippen LogP contribution in [0.4, 0.5) is 0 Å². The summed E-state index contributed by atoms with van der Waals surface area (Å²) in [6.07, 6.45) is 3.83. The highest BCUT2D eigenvalue weighted by Crippen LogP contribution is 2.27. The van der Waals surface area contributed by atoms with Crippen LogP contribution >= 0.6 is 23.2 Å². The molecule has 0 bridgehead atoms. The number of hydrogen-bond donors (Lipinski definition) is 0. The van der Waals surface area contributed by atoms with Gasteiger partial charge in [-0.2, -0.15) is 0 Å². The van der Waals surface area contributed by atoms with Crippen molar-refractivity contribution in [2.45, 2.75) is 26.3 Å². The van der Waals surface area contributed by atoms with Crippen molar-refractivity contribution in [3.05, 3.63) is 40.8 Å². The van der Waals surface area contributed by atoms with Crippen molar-refractivity contribution >= 4 is 23.2 Å². The summed E-state index contributed by atoms with van der Waals surface area (Å²) in [5.41, 5.74) is 1.84.